The van der Waals surface area contributed by atoms with Gasteiger partial charge in [-0.3, -0.25) is 0 Å². The fraction of sp³-hybridized carbons (Fsp3) is 0. The summed E-state index contributed by atoms with van der Waals surface area (Å²) in [5.74, 6) is 0. The molecule has 0 radical (unpaired) electrons. The van der Waals surface area contributed by atoms with Crippen molar-refractivity contribution in [2.45, 2.75) is 0 Å². The van der Waals surface area contributed by atoms with Crippen molar-refractivity contribution in [1.29, 1.82) is 0 Å². The molecule has 0 atom stereocenters. The summed E-state index contributed by atoms with van der Waals surface area (Å²) in [4.78, 5) is 0. The highest BCUT2D eigenvalue weighted by atomic mass is 32.1. The van der Waals surface area contributed by atoms with Gasteiger partial charge >= 0.3 is 0 Å². The van der Waals surface area contributed by atoms with Gasteiger partial charge in [0.15, 0.2) is 0 Å². The van der Waals surface area contributed by atoms with Crippen LogP contribution < -0.4 is 0 Å². The van der Waals surface area contributed by atoms with E-state index >= 15 is 0 Å². The molecule has 0 fully saturated rings. The van der Waals surface area contributed by atoms with Crippen LogP contribution in [0.5, 0.6) is 0 Å². The number of hydrogen-bond donors (Lipinski definition) is 0. The molecule has 2 heterocycles. The van der Waals surface area contributed by atoms with E-state index in [1.165, 1.54) is 96.6 Å². The van der Waals surface area contributed by atoms with Gasteiger partial charge in [0.2, 0.25) is 0 Å². The van der Waals surface area contributed by atoms with E-state index < -0.39 is 0 Å². The number of thiophene rings is 1. The van der Waals surface area contributed by atoms with Crippen molar-refractivity contribution < 1.29 is 4.42 Å². The Hall–Kier alpha value is -5.96. The van der Waals surface area contributed by atoms with Crippen molar-refractivity contribution in [3.05, 3.63) is 158 Å². The summed E-state index contributed by atoms with van der Waals surface area (Å²) in [7, 11) is 0. The monoisotopic (exact) mass is 626 g/mol. The van der Waals surface area contributed by atoms with E-state index in [2.05, 4.69) is 158 Å². The predicted molar refractivity (Wildman–Crippen MR) is 207 cm³/mol. The lowest BCUT2D eigenvalue weighted by atomic mass is 9.83. The predicted octanol–water partition coefficient (Wildman–Crippen LogP) is 13.9. The van der Waals surface area contributed by atoms with Crippen molar-refractivity contribution in [3.63, 3.8) is 0 Å². The van der Waals surface area contributed by atoms with Crippen LogP contribution >= 0.6 is 11.3 Å². The van der Waals surface area contributed by atoms with Crippen LogP contribution in [-0.4, -0.2) is 0 Å². The number of rotatable bonds is 3. The third-order valence-corrected chi connectivity index (χ3v) is 11.4. The van der Waals surface area contributed by atoms with Crippen LogP contribution in [0.4, 0.5) is 0 Å². The van der Waals surface area contributed by atoms with Crippen molar-refractivity contribution in [3.8, 4) is 33.4 Å². The first kappa shape index (κ1) is 26.1. The second-order valence-electron chi connectivity index (χ2n) is 12.8. The molecule has 11 aromatic rings. The van der Waals surface area contributed by atoms with Gasteiger partial charge in [-0.15, -0.1) is 11.3 Å². The zero-order valence-electron chi connectivity index (χ0n) is 25.8. The highest BCUT2D eigenvalue weighted by Gasteiger charge is 2.21. The third-order valence-electron chi connectivity index (χ3n) is 10.2. The van der Waals surface area contributed by atoms with Crippen LogP contribution in [0.2, 0.25) is 0 Å². The molecule has 0 unspecified atom stereocenters. The Balaban J connectivity index is 1.19. The first-order chi connectivity index (χ1) is 23.8. The van der Waals surface area contributed by atoms with Crippen molar-refractivity contribution in [1.82, 2.24) is 0 Å². The van der Waals surface area contributed by atoms with E-state index in [4.69, 9.17) is 4.42 Å². The molecule has 0 saturated carbocycles. The first-order valence-electron chi connectivity index (χ1n) is 16.4. The molecule has 0 aliphatic rings. The maximum absolute atomic E-state index is 6.35. The molecule has 0 bridgehead atoms. The molecule has 0 aliphatic heterocycles. The average Bonchev–Trinajstić information content (AvgIpc) is 3.72. The van der Waals surface area contributed by atoms with E-state index in [9.17, 15) is 0 Å². The summed E-state index contributed by atoms with van der Waals surface area (Å²) in [5.41, 5.74) is 9.36. The Labute approximate surface area is 280 Å². The summed E-state index contributed by atoms with van der Waals surface area (Å²) >= 11 is 1.87. The lowest BCUT2D eigenvalue weighted by Gasteiger charge is -2.19. The van der Waals surface area contributed by atoms with E-state index in [0.29, 0.717) is 0 Å². The molecule has 1 nitrogen and oxygen atoms in total. The van der Waals surface area contributed by atoms with E-state index in [0.717, 1.165) is 11.2 Å². The molecule has 9 aromatic carbocycles. The molecule has 11 rings (SSSR count). The maximum Gasteiger partial charge on any atom is 0.136 e. The molecule has 0 aliphatic carbocycles. The lowest BCUT2D eigenvalue weighted by Crippen LogP contribution is -1.92. The van der Waals surface area contributed by atoms with Crippen LogP contribution in [0.15, 0.2) is 162 Å². The van der Waals surface area contributed by atoms with Crippen molar-refractivity contribution in [2.75, 3.05) is 0 Å². The Morgan fingerprint density at radius 3 is 1.73 bits per heavy atom. The largest absolute Gasteiger partial charge is 0.456 e. The summed E-state index contributed by atoms with van der Waals surface area (Å²) in [6.45, 7) is 0. The smallest absolute Gasteiger partial charge is 0.136 e. The Kier molecular flexibility index (Phi) is 5.32. The van der Waals surface area contributed by atoms with Gasteiger partial charge in [-0.1, -0.05) is 115 Å². The molecule has 0 spiro atoms. The standard InChI is InChI=1S/C46H26OS/c1-3-16-34-32(14-1)43(29-11-7-10-27(24-29)28-22-23-42-37(25-28)31-13-5-6-21-41(31)48-42)33-15-2-4-17-35(33)45(34)38-26-30-12-8-19-39-44(30)46-36(38)18-9-20-40(46)47-39/h1-26H. The summed E-state index contributed by atoms with van der Waals surface area (Å²) in [5, 5.41) is 12.5. The van der Waals surface area contributed by atoms with Crippen LogP contribution in [0.3, 0.4) is 0 Å². The zero-order valence-corrected chi connectivity index (χ0v) is 26.6. The van der Waals surface area contributed by atoms with Gasteiger partial charge in [-0.2, -0.15) is 0 Å². The molecular weight excluding hydrogens is 601 g/mol. The number of fused-ring (bicyclic) bond motifs is 5. The summed E-state index contributed by atoms with van der Waals surface area (Å²) in [6.07, 6.45) is 0. The molecule has 2 heteroatoms. The SMILES string of the molecule is c1cc(-c2ccc3sc4ccccc4c3c2)cc(-c2c3ccccc3c(-c3cc4cccc5oc6cccc3c6c45)c3ccccc23)c1. The average molecular weight is 627 g/mol. The van der Waals surface area contributed by atoms with Gasteiger partial charge in [-0.25, -0.2) is 0 Å². The fourth-order valence-corrected chi connectivity index (χ4v) is 9.25. The van der Waals surface area contributed by atoms with Crippen LogP contribution in [0.1, 0.15) is 0 Å². The zero-order chi connectivity index (χ0) is 31.3. The van der Waals surface area contributed by atoms with Gasteiger partial charge in [-0.05, 0) is 108 Å². The lowest BCUT2D eigenvalue weighted by molar-refractivity contribution is 0.669. The quantitative estimate of drug-likeness (QED) is 0.140. The van der Waals surface area contributed by atoms with E-state index in [-0.39, 0.29) is 0 Å². The number of benzene rings is 9. The highest BCUT2D eigenvalue weighted by molar-refractivity contribution is 7.25. The fourth-order valence-electron chi connectivity index (χ4n) is 8.17. The topological polar surface area (TPSA) is 13.1 Å². The van der Waals surface area contributed by atoms with E-state index in [1.807, 2.05) is 11.3 Å². The van der Waals surface area contributed by atoms with Crippen molar-refractivity contribution in [2.24, 2.45) is 0 Å². The first-order valence-corrected chi connectivity index (χ1v) is 17.2. The van der Waals surface area contributed by atoms with Crippen LogP contribution in [0.25, 0.3) is 108 Å². The molecule has 222 valence electrons. The third kappa shape index (κ3) is 3.61. The second kappa shape index (κ2) is 9.78. The number of hydrogen-bond acceptors (Lipinski definition) is 2. The molecule has 0 N–H and O–H groups in total. The minimum Gasteiger partial charge on any atom is -0.456 e. The van der Waals surface area contributed by atoms with Gasteiger partial charge in [0, 0.05) is 30.9 Å². The second-order valence-corrected chi connectivity index (χ2v) is 13.9. The summed E-state index contributed by atoms with van der Waals surface area (Å²) in [6, 6.07) is 57.9. The van der Waals surface area contributed by atoms with Gasteiger partial charge < -0.3 is 4.42 Å². The number of furan rings is 1. The minimum absolute atomic E-state index is 0.941. The molecule has 0 saturated heterocycles. The summed E-state index contributed by atoms with van der Waals surface area (Å²) < 4.78 is 9.01. The Bertz CT molecular complexity index is 3010. The van der Waals surface area contributed by atoms with Crippen LogP contribution in [-0.2, 0) is 0 Å². The van der Waals surface area contributed by atoms with Gasteiger partial charge in [0.1, 0.15) is 11.2 Å². The molecular formula is C46H26OS. The van der Waals surface area contributed by atoms with Gasteiger partial charge in [0.25, 0.3) is 0 Å². The normalized spacial score (nSPS) is 12.2. The Morgan fingerprint density at radius 2 is 0.938 bits per heavy atom. The highest BCUT2D eigenvalue weighted by Crippen LogP contribution is 2.48. The minimum atomic E-state index is 0.941. The molecule has 0 amide bonds. The molecule has 2 aromatic heterocycles. The molecule has 48 heavy (non-hydrogen) atoms. The van der Waals surface area contributed by atoms with Gasteiger partial charge in [0.05, 0.1) is 0 Å². The Morgan fingerprint density at radius 1 is 0.354 bits per heavy atom. The van der Waals surface area contributed by atoms with E-state index in [1.54, 1.807) is 0 Å². The van der Waals surface area contributed by atoms with Crippen molar-refractivity contribution >= 4 is 85.8 Å². The maximum atomic E-state index is 6.35. The van der Waals surface area contributed by atoms with Crippen LogP contribution in [0, 0.1) is 0 Å².